The molecule has 0 fully saturated rings. The van der Waals surface area contributed by atoms with Gasteiger partial charge in [-0.15, -0.1) is 0 Å². The third-order valence-electron chi connectivity index (χ3n) is 2.16. The monoisotopic (exact) mass is 171 g/mol. The maximum atomic E-state index is 2.59. The van der Waals surface area contributed by atoms with Crippen LogP contribution in [0, 0.1) is 0 Å². The largest absolute Gasteiger partial charge is 0.303 e. The quantitative estimate of drug-likeness (QED) is 0.506. The summed E-state index contributed by atoms with van der Waals surface area (Å²) in [5.41, 5.74) is 0. The highest BCUT2D eigenvalue weighted by atomic mass is 15.1. The molecule has 0 aliphatic carbocycles. The van der Waals surface area contributed by atoms with E-state index in [-0.39, 0.29) is 0 Å². The molecule has 0 amide bonds. The van der Waals surface area contributed by atoms with Crippen molar-refractivity contribution in [1.82, 2.24) is 4.90 Å². The van der Waals surface area contributed by atoms with E-state index in [9.17, 15) is 0 Å². The Morgan fingerprint density at radius 1 is 0.667 bits per heavy atom. The van der Waals surface area contributed by atoms with Gasteiger partial charge in [0.05, 0.1) is 0 Å². The average molecular weight is 171 g/mol. The molecule has 0 saturated heterocycles. The topological polar surface area (TPSA) is 3.24 Å². The molecule has 1 heteroatoms. The van der Waals surface area contributed by atoms with Crippen LogP contribution in [0.15, 0.2) is 0 Å². The molecule has 74 valence electrons. The van der Waals surface area contributed by atoms with Gasteiger partial charge >= 0.3 is 0 Å². The van der Waals surface area contributed by atoms with Crippen LogP contribution in [0.4, 0.5) is 0 Å². The molecule has 0 aromatic heterocycles. The molecule has 0 aliphatic rings. The summed E-state index contributed by atoms with van der Waals surface area (Å²) in [6, 6.07) is 0. The second-order valence-electron chi connectivity index (χ2n) is 3.55. The molecule has 0 radical (unpaired) electrons. The van der Waals surface area contributed by atoms with E-state index in [2.05, 4.69) is 25.7 Å². The molecule has 0 heterocycles. The molecule has 0 rings (SSSR count). The van der Waals surface area contributed by atoms with Crippen molar-refractivity contribution in [3.63, 3.8) is 0 Å². The van der Waals surface area contributed by atoms with Gasteiger partial charge in [0.15, 0.2) is 0 Å². The van der Waals surface area contributed by atoms with Gasteiger partial charge in [0, 0.05) is 0 Å². The Balaban J connectivity index is 3.34. The lowest BCUT2D eigenvalue weighted by Crippen LogP contribution is -2.26. The zero-order valence-electron chi connectivity index (χ0n) is 9.10. The summed E-state index contributed by atoms with van der Waals surface area (Å²) in [6.07, 6.45) is 6.71. The van der Waals surface area contributed by atoms with E-state index < -0.39 is 0 Å². The van der Waals surface area contributed by atoms with E-state index in [1.165, 1.54) is 51.7 Å². The lowest BCUT2D eigenvalue weighted by molar-refractivity contribution is 0.269. The first-order valence-corrected chi connectivity index (χ1v) is 5.57. The number of hydrogen-bond acceptors (Lipinski definition) is 1. The highest BCUT2D eigenvalue weighted by Gasteiger charge is 2.00. The van der Waals surface area contributed by atoms with Gasteiger partial charge in [-0.2, -0.15) is 0 Å². The van der Waals surface area contributed by atoms with E-state index in [1.54, 1.807) is 0 Å². The van der Waals surface area contributed by atoms with Gasteiger partial charge in [-0.05, 0) is 38.9 Å². The van der Waals surface area contributed by atoms with Crippen LogP contribution >= 0.6 is 0 Å². The smallest absolute Gasteiger partial charge is 0.00187 e. The Bertz CT molecular complexity index is 75.1. The molecule has 1 nitrogen and oxygen atoms in total. The van der Waals surface area contributed by atoms with Gasteiger partial charge in [0.2, 0.25) is 0 Å². The number of rotatable bonds is 8. The molecule has 0 N–H and O–H groups in total. The van der Waals surface area contributed by atoms with E-state index in [4.69, 9.17) is 0 Å². The molecule has 0 spiro atoms. The van der Waals surface area contributed by atoms with Crippen molar-refractivity contribution in [2.45, 2.75) is 52.9 Å². The Hall–Kier alpha value is -0.0400. The molecule has 0 bridgehead atoms. The minimum atomic E-state index is 1.29. The molecular weight excluding hydrogens is 146 g/mol. The van der Waals surface area contributed by atoms with Gasteiger partial charge in [-0.25, -0.2) is 0 Å². The number of unbranched alkanes of at least 4 members (excludes halogenated alkanes) is 2. The van der Waals surface area contributed by atoms with Gasteiger partial charge in [-0.1, -0.05) is 33.6 Å². The van der Waals surface area contributed by atoms with Crippen molar-refractivity contribution in [3.05, 3.63) is 0 Å². The standard InChI is InChI=1S/C11H25N/c1-4-7-8-11-12(9-5-2)10-6-3/h4-11H2,1-3H3. The molecule has 0 aromatic carbocycles. The van der Waals surface area contributed by atoms with E-state index in [1.807, 2.05) is 0 Å². The molecule has 12 heavy (non-hydrogen) atoms. The van der Waals surface area contributed by atoms with E-state index in [0.29, 0.717) is 0 Å². The number of hydrogen-bond donors (Lipinski definition) is 0. The first-order valence-electron chi connectivity index (χ1n) is 5.57. The van der Waals surface area contributed by atoms with Crippen molar-refractivity contribution in [2.75, 3.05) is 19.6 Å². The summed E-state index contributed by atoms with van der Waals surface area (Å²) in [5.74, 6) is 0. The Morgan fingerprint density at radius 2 is 1.25 bits per heavy atom. The van der Waals surface area contributed by atoms with E-state index in [0.717, 1.165) is 0 Å². The van der Waals surface area contributed by atoms with Gasteiger partial charge < -0.3 is 4.90 Å². The summed E-state index contributed by atoms with van der Waals surface area (Å²) in [7, 11) is 0. The van der Waals surface area contributed by atoms with Crippen molar-refractivity contribution in [3.8, 4) is 0 Å². The maximum absolute atomic E-state index is 2.59. The molecule has 0 atom stereocenters. The van der Waals surface area contributed by atoms with Crippen LogP contribution < -0.4 is 0 Å². The zero-order valence-corrected chi connectivity index (χ0v) is 9.10. The van der Waals surface area contributed by atoms with Gasteiger partial charge in [-0.3, -0.25) is 0 Å². The van der Waals surface area contributed by atoms with Crippen LogP contribution in [0.3, 0.4) is 0 Å². The van der Waals surface area contributed by atoms with Crippen LogP contribution in [-0.2, 0) is 0 Å². The fraction of sp³-hybridized carbons (Fsp3) is 1.00. The Labute approximate surface area is 78.1 Å². The minimum absolute atomic E-state index is 1.29. The second-order valence-corrected chi connectivity index (χ2v) is 3.55. The van der Waals surface area contributed by atoms with Crippen molar-refractivity contribution in [1.29, 1.82) is 0 Å². The highest BCUT2D eigenvalue weighted by Crippen LogP contribution is 2.00. The Kier molecular flexibility index (Phi) is 9.02. The van der Waals surface area contributed by atoms with Crippen LogP contribution in [0.25, 0.3) is 0 Å². The van der Waals surface area contributed by atoms with Crippen LogP contribution in [-0.4, -0.2) is 24.5 Å². The number of nitrogens with zero attached hydrogens (tertiary/aromatic N) is 1. The lowest BCUT2D eigenvalue weighted by Gasteiger charge is -2.20. The minimum Gasteiger partial charge on any atom is -0.303 e. The molecular formula is C11H25N. The van der Waals surface area contributed by atoms with Crippen molar-refractivity contribution >= 4 is 0 Å². The summed E-state index contributed by atoms with van der Waals surface area (Å²) < 4.78 is 0. The zero-order chi connectivity index (χ0) is 9.23. The van der Waals surface area contributed by atoms with Gasteiger partial charge in [0.25, 0.3) is 0 Å². The average Bonchev–Trinajstić information content (AvgIpc) is 2.06. The van der Waals surface area contributed by atoms with Crippen LogP contribution in [0.5, 0.6) is 0 Å². The highest BCUT2D eigenvalue weighted by molar-refractivity contribution is 4.55. The third-order valence-corrected chi connectivity index (χ3v) is 2.16. The molecule has 0 saturated carbocycles. The fourth-order valence-corrected chi connectivity index (χ4v) is 1.55. The summed E-state index contributed by atoms with van der Waals surface area (Å²) in [5, 5.41) is 0. The fourth-order valence-electron chi connectivity index (χ4n) is 1.55. The maximum Gasteiger partial charge on any atom is -0.00187 e. The second kappa shape index (κ2) is 9.05. The first kappa shape index (κ1) is 12.0. The summed E-state index contributed by atoms with van der Waals surface area (Å²) in [6.45, 7) is 10.7. The Morgan fingerprint density at radius 3 is 1.67 bits per heavy atom. The normalized spacial score (nSPS) is 11.0. The van der Waals surface area contributed by atoms with Crippen molar-refractivity contribution < 1.29 is 0 Å². The van der Waals surface area contributed by atoms with Crippen LogP contribution in [0.1, 0.15) is 52.9 Å². The predicted molar refractivity (Wildman–Crippen MR) is 56.5 cm³/mol. The predicted octanol–water partition coefficient (Wildman–Crippen LogP) is 3.30. The van der Waals surface area contributed by atoms with E-state index >= 15 is 0 Å². The first-order chi connectivity index (χ1) is 5.85. The van der Waals surface area contributed by atoms with Crippen molar-refractivity contribution in [2.24, 2.45) is 0 Å². The molecule has 0 unspecified atom stereocenters. The van der Waals surface area contributed by atoms with Crippen LogP contribution in [0.2, 0.25) is 0 Å². The lowest BCUT2D eigenvalue weighted by atomic mass is 10.2. The third kappa shape index (κ3) is 6.66. The molecule has 0 aromatic rings. The summed E-state index contributed by atoms with van der Waals surface area (Å²) in [4.78, 5) is 2.59. The van der Waals surface area contributed by atoms with Gasteiger partial charge in [0.1, 0.15) is 0 Å². The summed E-state index contributed by atoms with van der Waals surface area (Å²) >= 11 is 0. The SMILES string of the molecule is CCCCCN(CCC)CCC. The molecule has 0 aliphatic heterocycles.